The van der Waals surface area contributed by atoms with Gasteiger partial charge in [-0.2, -0.15) is 0 Å². The molecular formula is C15H11NO. The third-order valence-corrected chi connectivity index (χ3v) is 2.97. The Morgan fingerprint density at radius 2 is 1.82 bits per heavy atom. The molecule has 1 amide bonds. The number of carbonyl (C=O) groups excluding carboxylic acids is 1. The summed E-state index contributed by atoms with van der Waals surface area (Å²) in [5.74, 6) is -0.162. The van der Waals surface area contributed by atoms with Gasteiger partial charge in [0, 0.05) is 11.3 Å². The summed E-state index contributed by atoms with van der Waals surface area (Å²) in [4.78, 5) is 15.2. The number of benzene rings is 2. The number of amides is 1. The maximum absolute atomic E-state index is 11.2. The highest BCUT2D eigenvalue weighted by Gasteiger charge is 2.07. The number of nitrogens with zero attached hydrogens (tertiary/aromatic N) is 1. The van der Waals surface area contributed by atoms with E-state index in [4.69, 9.17) is 0 Å². The summed E-state index contributed by atoms with van der Waals surface area (Å²) in [7, 11) is 0. The molecule has 1 aliphatic heterocycles. The topological polar surface area (TPSA) is 29.4 Å². The minimum Gasteiger partial charge on any atom is -0.267 e. The molecule has 2 nitrogen and oxygen atoms in total. The van der Waals surface area contributed by atoms with E-state index in [1.807, 2.05) is 37.3 Å². The third kappa shape index (κ3) is 1.68. The molecule has 0 aliphatic carbocycles. The van der Waals surface area contributed by atoms with Crippen LogP contribution in [0, 0.1) is 6.92 Å². The van der Waals surface area contributed by atoms with E-state index in [0.29, 0.717) is 0 Å². The summed E-state index contributed by atoms with van der Waals surface area (Å²) in [6.07, 6.45) is 1.58. The second-order valence-electron chi connectivity index (χ2n) is 4.19. The number of hydrogen-bond acceptors (Lipinski definition) is 1. The van der Waals surface area contributed by atoms with Gasteiger partial charge < -0.3 is 0 Å². The Hall–Kier alpha value is -2.22. The zero-order valence-corrected chi connectivity index (χ0v) is 9.47. The second kappa shape index (κ2) is 3.67. The molecule has 2 aromatic carbocycles. The SMILES string of the molecule is Cc1cc2c(cc1-c1ccccc1)=CC(=O)N=2. The zero-order chi connectivity index (χ0) is 11.8. The van der Waals surface area contributed by atoms with Crippen LogP contribution in [0.15, 0.2) is 47.5 Å². The Labute approximate surface area is 98.9 Å². The Morgan fingerprint density at radius 1 is 1.06 bits per heavy atom. The quantitative estimate of drug-likeness (QED) is 0.719. The van der Waals surface area contributed by atoms with Gasteiger partial charge in [-0.3, -0.25) is 4.79 Å². The molecule has 3 rings (SSSR count). The largest absolute Gasteiger partial charge is 0.270 e. The van der Waals surface area contributed by atoms with E-state index in [9.17, 15) is 4.79 Å². The normalized spacial score (nSPS) is 12.9. The minimum absolute atomic E-state index is 0.162. The van der Waals surface area contributed by atoms with Crippen molar-refractivity contribution in [2.45, 2.75) is 6.92 Å². The van der Waals surface area contributed by atoms with Gasteiger partial charge in [0.2, 0.25) is 0 Å². The van der Waals surface area contributed by atoms with Crippen LogP contribution in [0.5, 0.6) is 0 Å². The Morgan fingerprint density at radius 3 is 2.59 bits per heavy atom. The van der Waals surface area contributed by atoms with Gasteiger partial charge >= 0.3 is 0 Å². The van der Waals surface area contributed by atoms with Gasteiger partial charge in [0.25, 0.3) is 5.91 Å². The molecule has 0 spiro atoms. The van der Waals surface area contributed by atoms with Gasteiger partial charge in [0.05, 0.1) is 5.36 Å². The van der Waals surface area contributed by atoms with Crippen molar-refractivity contribution in [3.05, 3.63) is 58.6 Å². The molecule has 82 valence electrons. The highest BCUT2D eigenvalue weighted by atomic mass is 16.1. The van der Waals surface area contributed by atoms with Crippen LogP contribution in [-0.4, -0.2) is 5.91 Å². The fourth-order valence-electron chi connectivity index (χ4n) is 2.13. The first-order valence-corrected chi connectivity index (χ1v) is 5.54. The summed E-state index contributed by atoms with van der Waals surface area (Å²) in [5.41, 5.74) is 3.47. The lowest BCUT2D eigenvalue weighted by atomic mass is 9.99. The van der Waals surface area contributed by atoms with Crippen molar-refractivity contribution < 1.29 is 4.79 Å². The van der Waals surface area contributed by atoms with Crippen molar-refractivity contribution in [2.75, 3.05) is 0 Å². The van der Waals surface area contributed by atoms with Crippen LogP contribution in [0.4, 0.5) is 0 Å². The molecule has 1 aliphatic rings. The molecule has 0 aromatic heterocycles. The minimum atomic E-state index is -0.162. The molecule has 0 saturated carbocycles. The van der Waals surface area contributed by atoms with Crippen LogP contribution in [-0.2, 0) is 4.79 Å². The molecule has 0 saturated heterocycles. The number of aryl methyl sites for hydroxylation is 1. The Kier molecular flexibility index (Phi) is 2.15. The summed E-state index contributed by atoms with van der Waals surface area (Å²) in [6.45, 7) is 2.04. The third-order valence-electron chi connectivity index (χ3n) is 2.97. The van der Waals surface area contributed by atoms with E-state index in [1.165, 1.54) is 5.56 Å². The molecular weight excluding hydrogens is 210 g/mol. The van der Waals surface area contributed by atoms with Gasteiger partial charge in [-0.25, -0.2) is 4.99 Å². The van der Waals surface area contributed by atoms with Gasteiger partial charge in [-0.15, -0.1) is 0 Å². The van der Waals surface area contributed by atoms with Gasteiger partial charge in [-0.05, 0) is 35.7 Å². The Bertz CT molecular complexity index is 715. The van der Waals surface area contributed by atoms with Crippen LogP contribution >= 0.6 is 0 Å². The average Bonchev–Trinajstić information content (AvgIpc) is 2.68. The lowest BCUT2D eigenvalue weighted by molar-refractivity contribution is -0.112. The lowest BCUT2D eigenvalue weighted by Crippen LogP contribution is -2.21. The van der Waals surface area contributed by atoms with Gasteiger partial charge in [0.15, 0.2) is 0 Å². The first-order valence-electron chi connectivity index (χ1n) is 5.54. The van der Waals surface area contributed by atoms with E-state index in [1.54, 1.807) is 6.08 Å². The monoisotopic (exact) mass is 221 g/mol. The van der Waals surface area contributed by atoms with Gasteiger partial charge in [-0.1, -0.05) is 30.3 Å². The standard InChI is InChI=1S/C15H11NO/c1-10-7-14-12(9-15(17)16-14)8-13(10)11-5-3-2-4-6-11/h2-9H,1H3. The predicted octanol–water partition coefficient (Wildman–Crippen LogP) is 1.60. The number of hydrogen-bond donors (Lipinski definition) is 0. The van der Waals surface area contributed by atoms with E-state index < -0.39 is 0 Å². The molecule has 0 bridgehead atoms. The second-order valence-corrected chi connectivity index (χ2v) is 4.19. The van der Waals surface area contributed by atoms with Crippen molar-refractivity contribution in [1.82, 2.24) is 0 Å². The highest BCUT2D eigenvalue weighted by molar-refractivity contribution is 6.06. The molecule has 0 fully saturated rings. The summed E-state index contributed by atoms with van der Waals surface area (Å²) in [6, 6.07) is 14.2. The Balaban J connectivity index is 2.29. The molecule has 2 heteroatoms. The average molecular weight is 221 g/mol. The predicted molar refractivity (Wildman–Crippen MR) is 66.9 cm³/mol. The molecule has 17 heavy (non-hydrogen) atoms. The molecule has 2 aromatic rings. The summed E-state index contributed by atoms with van der Waals surface area (Å²) in [5, 5.41) is 1.70. The molecule has 1 heterocycles. The fourth-order valence-corrected chi connectivity index (χ4v) is 2.13. The van der Waals surface area contributed by atoms with Crippen LogP contribution in [0.2, 0.25) is 0 Å². The fraction of sp³-hybridized carbons (Fsp3) is 0.0667. The van der Waals surface area contributed by atoms with E-state index in [2.05, 4.69) is 17.1 Å². The van der Waals surface area contributed by atoms with Crippen LogP contribution in [0.3, 0.4) is 0 Å². The first kappa shape index (κ1) is 9.97. The van der Waals surface area contributed by atoms with Gasteiger partial charge in [0.1, 0.15) is 0 Å². The van der Waals surface area contributed by atoms with Crippen LogP contribution in [0.1, 0.15) is 5.56 Å². The first-order chi connectivity index (χ1) is 8.24. The number of fused-ring (bicyclic) bond motifs is 1. The summed E-state index contributed by atoms with van der Waals surface area (Å²) >= 11 is 0. The van der Waals surface area contributed by atoms with Crippen LogP contribution in [0.25, 0.3) is 17.2 Å². The van der Waals surface area contributed by atoms with E-state index >= 15 is 0 Å². The van der Waals surface area contributed by atoms with Crippen molar-refractivity contribution in [2.24, 2.45) is 4.99 Å². The number of carbonyl (C=O) groups is 1. The zero-order valence-electron chi connectivity index (χ0n) is 9.47. The van der Waals surface area contributed by atoms with E-state index in [0.717, 1.165) is 21.7 Å². The highest BCUT2D eigenvalue weighted by Crippen LogP contribution is 2.20. The maximum Gasteiger partial charge on any atom is 0.270 e. The maximum atomic E-state index is 11.2. The summed E-state index contributed by atoms with van der Waals surface area (Å²) < 4.78 is 0. The smallest absolute Gasteiger partial charge is 0.267 e. The molecule has 0 atom stereocenters. The number of rotatable bonds is 1. The van der Waals surface area contributed by atoms with E-state index in [-0.39, 0.29) is 5.91 Å². The van der Waals surface area contributed by atoms with Crippen molar-refractivity contribution in [3.63, 3.8) is 0 Å². The lowest BCUT2D eigenvalue weighted by Gasteiger charge is -2.05. The van der Waals surface area contributed by atoms with Crippen molar-refractivity contribution in [1.29, 1.82) is 0 Å². The van der Waals surface area contributed by atoms with Crippen molar-refractivity contribution >= 4 is 12.0 Å². The van der Waals surface area contributed by atoms with Crippen molar-refractivity contribution in [3.8, 4) is 11.1 Å². The molecule has 0 N–H and O–H groups in total. The molecule has 0 radical (unpaired) electrons. The molecule has 0 unspecified atom stereocenters. The van der Waals surface area contributed by atoms with Crippen LogP contribution < -0.4 is 10.6 Å².